The molecule has 0 bridgehead atoms. The minimum absolute atomic E-state index is 0.485. The van der Waals surface area contributed by atoms with Crippen LogP contribution in [0, 0.1) is 5.92 Å². The third-order valence-corrected chi connectivity index (χ3v) is 6.52. The van der Waals surface area contributed by atoms with Gasteiger partial charge in [-0.3, -0.25) is 0 Å². The van der Waals surface area contributed by atoms with Gasteiger partial charge in [-0.1, -0.05) is 136 Å². The number of allylic oxidation sites excluding steroid dienone is 2. The molecule has 0 unspecified atom stereocenters. The first-order valence-electron chi connectivity index (χ1n) is 15.1. The van der Waals surface area contributed by atoms with Crippen LogP contribution in [0.5, 0.6) is 0 Å². The first-order valence-corrected chi connectivity index (χ1v) is 15.1. The first kappa shape index (κ1) is 33.0. The molecule has 0 aromatic heterocycles. The lowest BCUT2D eigenvalue weighted by molar-refractivity contribution is 0.0529. The molecule has 0 rings (SSSR count). The van der Waals surface area contributed by atoms with E-state index in [2.05, 4.69) is 32.9 Å². The van der Waals surface area contributed by atoms with Crippen LogP contribution in [0.3, 0.4) is 0 Å². The van der Waals surface area contributed by atoms with Gasteiger partial charge in [0.05, 0.1) is 13.2 Å². The van der Waals surface area contributed by atoms with E-state index in [0.29, 0.717) is 13.2 Å². The van der Waals surface area contributed by atoms with Crippen molar-refractivity contribution in [3.63, 3.8) is 0 Å². The molecule has 202 valence electrons. The van der Waals surface area contributed by atoms with Gasteiger partial charge in [0.2, 0.25) is 0 Å². The van der Waals surface area contributed by atoms with Crippen molar-refractivity contribution in [1.82, 2.24) is 0 Å². The Morgan fingerprint density at radius 2 is 0.941 bits per heavy atom. The Labute approximate surface area is 213 Å². The molecule has 0 fully saturated rings. The van der Waals surface area contributed by atoms with E-state index in [1.807, 2.05) is 0 Å². The van der Waals surface area contributed by atoms with Crippen molar-refractivity contribution in [3.8, 4) is 0 Å². The van der Waals surface area contributed by atoms with E-state index in [0.717, 1.165) is 31.6 Å². The fraction of sp³-hybridized carbons (Fsp3) is 0.903. The van der Waals surface area contributed by atoms with Crippen LogP contribution < -0.4 is 0 Å². The van der Waals surface area contributed by atoms with Gasteiger partial charge in [0.1, 0.15) is 0 Å². The number of ether oxygens (including phenoxy) is 2. The quantitative estimate of drug-likeness (QED) is 0.0701. The van der Waals surface area contributed by atoms with Crippen molar-refractivity contribution < 1.29 is 14.3 Å². The number of rotatable bonds is 26. The lowest BCUT2D eigenvalue weighted by Gasteiger charge is -2.07. The zero-order valence-electron chi connectivity index (χ0n) is 23.4. The monoisotopic (exact) mass is 480 g/mol. The van der Waals surface area contributed by atoms with Gasteiger partial charge < -0.3 is 9.47 Å². The van der Waals surface area contributed by atoms with E-state index in [9.17, 15) is 4.79 Å². The Kier molecular flexibility index (Phi) is 27.4. The standard InChI is InChI=1S/C31H60O3/c1-4-5-6-7-8-9-10-11-12-13-14-15-16-19-22-25-28-33-31(32)34-29-26-23-20-17-18-21-24-27-30(2)3/h11-12,30H,4-10,13-29H2,1-3H3/b12-11-. The van der Waals surface area contributed by atoms with Gasteiger partial charge in [-0.05, 0) is 44.4 Å². The highest BCUT2D eigenvalue weighted by Gasteiger charge is 2.03. The van der Waals surface area contributed by atoms with Crippen LogP contribution in [0.25, 0.3) is 0 Å². The second-order valence-corrected chi connectivity index (χ2v) is 10.5. The van der Waals surface area contributed by atoms with Crippen molar-refractivity contribution >= 4 is 6.16 Å². The summed E-state index contributed by atoms with van der Waals surface area (Å²) in [7, 11) is 0. The van der Waals surface area contributed by atoms with E-state index >= 15 is 0 Å². The molecule has 0 saturated carbocycles. The van der Waals surface area contributed by atoms with Crippen molar-refractivity contribution in [1.29, 1.82) is 0 Å². The Morgan fingerprint density at radius 3 is 1.38 bits per heavy atom. The zero-order valence-corrected chi connectivity index (χ0v) is 23.4. The molecular formula is C31H60O3. The van der Waals surface area contributed by atoms with Gasteiger partial charge in [-0.25, -0.2) is 4.79 Å². The second kappa shape index (κ2) is 28.2. The molecule has 0 aliphatic heterocycles. The number of unbranched alkanes of at least 4 members (excludes halogenated alkanes) is 18. The van der Waals surface area contributed by atoms with Crippen LogP contribution >= 0.6 is 0 Å². The van der Waals surface area contributed by atoms with E-state index in [1.54, 1.807) is 0 Å². The summed E-state index contributed by atoms with van der Waals surface area (Å²) in [5.74, 6) is 0.832. The van der Waals surface area contributed by atoms with Crippen LogP contribution in [0.2, 0.25) is 0 Å². The van der Waals surface area contributed by atoms with Crippen LogP contribution in [-0.2, 0) is 9.47 Å². The highest BCUT2D eigenvalue weighted by molar-refractivity contribution is 5.59. The van der Waals surface area contributed by atoms with E-state index in [-0.39, 0.29) is 0 Å². The largest absolute Gasteiger partial charge is 0.508 e. The summed E-state index contributed by atoms with van der Waals surface area (Å²) in [5, 5.41) is 0. The van der Waals surface area contributed by atoms with Crippen LogP contribution in [0.15, 0.2) is 12.2 Å². The number of hydrogen-bond donors (Lipinski definition) is 0. The Hall–Kier alpha value is -0.990. The number of hydrogen-bond acceptors (Lipinski definition) is 3. The molecule has 0 aromatic rings. The molecule has 0 amide bonds. The summed E-state index contributed by atoms with van der Waals surface area (Å²) >= 11 is 0. The number of carbonyl (C=O) groups excluding carboxylic acids is 1. The maximum atomic E-state index is 11.6. The molecule has 0 aliphatic rings. The molecule has 3 heteroatoms. The Bertz CT molecular complexity index is 430. The highest BCUT2D eigenvalue weighted by atomic mass is 16.7. The molecule has 0 aliphatic carbocycles. The summed E-state index contributed by atoms with van der Waals surface area (Å²) < 4.78 is 10.4. The smallest absolute Gasteiger partial charge is 0.434 e. The van der Waals surface area contributed by atoms with E-state index < -0.39 is 6.16 Å². The molecule has 0 N–H and O–H groups in total. The van der Waals surface area contributed by atoms with Gasteiger partial charge >= 0.3 is 6.16 Å². The van der Waals surface area contributed by atoms with Gasteiger partial charge in [0, 0.05) is 0 Å². The highest BCUT2D eigenvalue weighted by Crippen LogP contribution is 2.12. The molecule has 0 heterocycles. The fourth-order valence-corrected chi connectivity index (χ4v) is 4.24. The molecule has 0 radical (unpaired) electrons. The van der Waals surface area contributed by atoms with E-state index in [1.165, 1.54) is 116 Å². The minimum atomic E-state index is -0.485. The SMILES string of the molecule is CCCCCCCC/C=C\CCCCCCCCOC(=O)OCCCCCCCCCC(C)C. The molecule has 0 aromatic carbocycles. The van der Waals surface area contributed by atoms with Crippen molar-refractivity contribution in [2.75, 3.05) is 13.2 Å². The molecule has 0 spiro atoms. The molecule has 0 atom stereocenters. The minimum Gasteiger partial charge on any atom is -0.434 e. The topological polar surface area (TPSA) is 35.5 Å². The average Bonchev–Trinajstić information content (AvgIpc) is 2.82. The third-order valence-electron chi connectivity index (χ3n) is 6.52. The Morgan fingerprint density at radius 1 is 0.559 bits per heavy atom. The van der Waals surface area contributed by atoms with Crippen LogP contribution in [-0.4, -0.2) is 19.4 Å². The van der Waals surface area contributed by atoms with Crippen LogP contribution in [0.1, 0.15) is 162 Å². The predicted molar refractivity (Wildman–Crippen MR) is 149 cm³/mol. The molecule has 34 heavy (non-hydrogen) atoms. The predicted octanol–water partition coefficient (Wildman–Crippen LogP) is 11.0. The van der Waals surface area contributed by atoms with Gasteiger partial charge in [-0.2, -0.15) is 0 Å². The van der Waals surface area contributed by atoms with Gasteiger partial charge in [0.15, 0.2) is 0 Å². The van der Waals surface area contributed by atoms with Crippen molar-refractivity contribution in [2.24, 2.45) is 5.92 Å². The number of carbonyl (C=O) groups is 1. The summed E-state index contributed by atoms with van der Waals surface area (Å²) in [4.78, 5) is 11.6. The van der Waals surface area contributed by atoms with E-state index in [4.69, 9.17) is 9.47 Å². The lowest BCUT2D eigenvalue weighted by Crippen LogP contribution is -2.09. The maximum Gasteiger partial charge on any atom is 0.508 e. The molecule has 3 nitrogen and oxygen atoms in total. The third kappa shape index (κ3) is 29.0. The van der Waals surface area contributed by atoms with Crippen LogP contribution in [0.4, 0.5) is 4.79 Å². The normalized spacial score (nSPS) is 11.5. The van der Waals surface area contributed by atoms with Gasteiger partial charge in [-0.15, -0.1) is 0 Å². The average molecular weight is 481 g/mol. The summed E-state index contributed by atoms with van der Waals surface area (Å²) in [6, 6.07) is 0. The maximum absolute atomic E-state index is 11.6. The fourth-order valence-electron chi connectivity index (χ4n) is 4.24. The molecular weight excluding hydrogens is 420 g/mol. The van der Waals surface area contributed by atoms with Gasteiger partial charge in [0.25, 0.3) is 0 Å². The summed E-state index contributed by atoms with van der Waals surface area (Å²) in [6.07, 6.45) is 32.3. The summed E-state index contributed by atoms with van der Waals surface area (Å²) in [6.45, 7) is 7.86. The first-order chi connectivity index (χ1) is 16.7. The second-order valence-electron chi connectivity index (χ2n) is 10.5. The summed E-state index contributed by atoms with van der Waals surface area (Å²) in [5.41, 5.74) is 0. The zero-order chi connectivity index (χ0) is 25.0. The Balaban J connectivity index is 3.20. The van der Waals surface area contributed by atoms with Crippen molar-refractivity contribution in [2.45, 2.75) is 162 Å². The van der Waals surface area contributed by atoms with Crippen molar-refractivity contribution in [3.05, 3.63) is 12.2 Å². The molecule has 0 saturated heterocycles. The lowest BCUT2D eigenvalue weighted by atomic mass is 10.0.